The van der Waals surface area contributed by atoms with E-state index < -0.39 is 0 Å². The Hall–Kier alpha value is -1.89. The Kier molecular flexibility index (Phi) is 3.38. The zero-order chi connectivity index (χ0) is 12.3. The van der Waals surface area contributed by atoms with E-state index in [1.165, 1.54) is 5.56 Å². The van der Waals surface area contributed by atoms with Crippen LogP contribution in [0.1, 0.15) is 41.3 Å². The van der Waals surface area contributed by atoms with Crippen LogP contribution in [0.15, 0.2) is 54.6 Å². The van der Waals surface area contributed by atoms with Gasteiger partial charge in [-0.05, 0) is 11.5 Å². The molecule has 0 aliphatic heterocycles. The van der Waals surface area contributed by atoms with Crippen molar-refractivity contribution in [1.29, 1.82) is 0 Å². The number of carbonyl (C=O) groups is 1. The monoisotopic (exact) mass is 224 g/mol. The number of ketones is 1. The molecule has 0 saturated heterocycles. The molecule has 2 rings (SSSR count). The maximum atomic E-state index is 12.1. The van der Waals surface area contributed by atoms with Crippen molar-refractivity contribution in [3.8, 4) is 0 Å². The van der Waals surface area contributed by atoms with E-state index in [0.717, 1.165) is 11.1 Å². The Bertz CT molecular complexity index is 495. The first-order chi connectivity index (χ1) is 8.18. The van der Waals surface area contributed by atoms with Crippen molar-refractivity contribution in [2.24, 2.45) is 0 Å². The van der Waals surface area contributed by atoms with Crippen LogP contribution in [0.3, 0.4) is 0 Å². The lowest BCUT2D eigenvalue weighted by Crippen LogP contribution is -2.01. The first-order valence-corrected chi connectivity index (χ1v) is 5.88. The standard InChI is InChI=1S/C16H16O/c1-12(2)13-8-10-15(11-9-13)16(17)14-6-4-3-5-7-14/h3-12H,1-2H3. The fourth-order valence-electron chi connectivity index (χ4n) is 1.78. The van der Waals surface area contributed by atoms with Gasteiger partial charge in [0.15, 0.2) is 5.78 Å². The minimum Gasteiger partial charge on any atom is -0.289 e. The predicted molar refractivity (Wildman–Crippen MR) is 70.4 cm³/mol. The third-order valence-corrected chi connectivity index (χ3v) is 2.88. The van der Waals surface area contributed by atoms with Crippen LogP contribution in [0, 0.1) is 0 Å². The van der Waals surface area contributed by atoms with Crippen LogP contribution in [0.5, 0.6) is 0 Å². The molecule has 0 amide bonds. The molecule has 0 aromatic heterocycles. The molecule has 17 heavy (non-hydrogen) atoms. The number of rotatable bonds is 3. The van der Waals surface area contributed by atoms with Gasteiger partial charge in [-0.2, -0.15) is 0 Å². The van der Waals surface area contributed by atoms with Crippen LogP contribution >= 0.6 is 0 Å². The highest BCUT2D eigenvalue weighted by Gasteiger charge is 2.08. The quantitative estimate of drug-likeness (QED) is 0.719. The zero-order valence-corrected chi connectivity index (χ0v) is 10.2. The van der Waals surface area contributed by atoms with Gasteiger partial charge in [0, 0.05) is 11.1 Å². The van der Waals surface area contributed by atoms with Gasteiger partial charge in [0.1, 0.15) is 0 Å². The first-order valence-electron chi connectivity index (χ1n) is 5.88. The van der Waals surface area contributed by atoms with Crippen LogP contribution in [0.4, 0.5) is 0 Å². The van der Waals surface area contributed by atoms with Crippen LogP contribution < -0.4 is 0 Å². The Morgan fingerprint density at radius 1 is 0.824 bits per heavy atom. The molecule has 0 aliphatic rings. The molecule has 0 unspecified atom stereocenters. The summed E-state index contributed by atoms with van der Waals surface area (Å²) in [7, 11) is 0. The van der Waals surface area contributed by atoms with Gasteiger partial charge in [-0.25, -0.2) is 0 Å². The van der Waals surface area contributed by atoms with E-state index in [-0.39, 0.29) is 5.78 Å². The summed E-state index contributed by atoms with van der Waals surface area (Å²) in [5.74, 6) is 0.580. The molecule has 0 radical (unpaired) electrons. The molecule has 1 heteroatoms. The van der Waals surface area contributed by atoms with Gasteiger partial charge in [-0.3, -0.25) is 4.79 Å². The number of carbonyl (C=O) groups excluding carboxylic acids is 1. The Labute approximate surface area is 102 Å². The fourth-order valence-corrected chi connectivity index (χ4v) is 1.78. The molecule has 0 fully saturated rings. The molecule has 0 N–H and O–H groups in total. The van der Waals surface area contributed by atoms with Gasteiger partial charge in [-0.1, -0.05) is 68.4 Å². The van der Waals surface area contributed by atoms with Crippen LogP contribution in [0.25, 0.3) is 0 Å². The summed E-state index contributed by atoms with van der Waals surface area (Å²) in [4.78, 5) is 12.1. The van der Waals surface area contributed by atoms with Gasteiger partial charge in [0.05, 0.1) is 0 Å². The summed E-state index contributed by atoms with van der Waals surface area (Å²) in [6.07, 6.45) is 0. The van der Waals surface area contributed by atoms with E-state index in [4.69, 9.17) is 0 Å². The lowest BCUT2D eigenvalue weighted by Gasteiger charge is -2.06. The van der Waals surface area contributed by atoms with Gasteiger partial charge in [0.2, 0.25) is 0 Å². The summed E-state index contributed by atoms with van der Waals surface area (Å²) in [6.45, 7) is 4.29. The second kappa shape index (κ2) is 4.96. The van der Waals surface area contributed by atoms with E-state index >= 15 is 0 Å². The van der Waals surface area contributed by atoms with Crippen LogP contribution in [0.2, 0.25) is 0 Å². The van der Waals surface area contributed by atoms with E-state index in [0.29, 0.717) is 5.92 Å². The molecule has 86 valence electrons. The fraction of sp³-hybridized carbons (Fsp3) is 0.188. The largest absolute Gasteiger partial charge is 0.289 e. The highest BCUT2D eigenvalue weighted by atomic mass is 16.1. The minimum atomic E-state index is 0.0842. The third kappa shape index (κ3) is 2.62. The predicted octanol–water partition coefficient (Wildman–Crippen LogP) is 4.04. The van der Waals surface area contributed by atoms with Crippen LogP contribution in [-0.4, -0.2) is 5.78 Å². The Morgan fingerprint density at radius 2 is 1.35 bits per heavy atom. The first kappa shape index (κ1) is 11.6. The molecule has 0 atom stereocenters. The van der Waals surface area contributed by atoms with Crippen molar-refractivity contribution in [2.75, 3.05) is 0 Å². The summed E-state index contributed by atoms with van der Waals surface area (Å²) in [5.41, 5.74) is 2.75. The minimum absolute atomic E-state index is 0.0842. The highest BCUT2D eigenvalue weighted by Crippen LogP contribution is 2.16. The van der Waals surface area contributed by atoms with Crippen molar-refractivity contribution in [3.63, 3.8) is 0 Å². The average molecular weight is 224 g/mol. The van der Waals surface area contributed by atoms with E-state index in [1.807, 2.05) is 54.6 Å². The highest BCUT2D eigenvalue weighted by molar-refractivity contribution is 6.08. The molecule has 0 saturated carbocycles. The van der Waals surface area contributed by atoms with E-state index in [9.17, 15) is 4.79 Å². The van der Waals surface area contributed by atoms with Crippen molar-refractivity contribution in [2.45, 2.75) is 19.8 Å². The number of hydrogen-bond acceptors (Lipinski definition) is 1. The lowest BCUT2D eigenvalue weighted by molar-refractivity contribution is 0.103. The van der Waals surface area contributed by atoms with E-state index in [2.05, 4.69) is 13.8 Å². The molecule has 2 aromatic rings. The summed E-state index contributed by atoms with van der Waals surface area (Å²) < 4.78 is 0. The Morgan fingerprint density at radius 3 is 1.88 bits per heavy atom. The van der Waals surface area contributed by atoms with Gasteiger partial charge in [0.25, 0.3) is 0 Å². The second-order valence-corrected chi connectivity index (χ2v) is 4.47. The van der Waals surface area contributed by atoms with Gasteiger partial charge >= 0.3 is 0 Å². The smallest absolute Gasteiger partial charge is 0.193 e. The summed E-state index contributed by atoms with van der Waals surface area (Å²) in [6, 6.07) is 17.2. The molecular weight excluding hydrogens is 208 g/mol. The maximum absolute atomic E-state index is 12.1. The average Bonchev–Trinajstić information content (AvgIpc) is 2.39. The van der Waals surface area contributed by atoms with Crippen LogP contribution in [-0.2, 0) is 0 Å². The molecule has 0 bridgehead atoms. The molecule has 0 spiro atoms. The number of benzene rings is 2. The SMILES string of the molecule is CC(C)c1ccc(C(=O)c2ccccc2)cc1. The van der Waals surface area contributed by atoms with Crippen molar-refractivity contribution in [3.05, 3.63) is 71.3 Å². The second-order valence-electron chi connectivity index (χ2n) is 4.47. The molecule has 1 nitrogen and oxygen atoms in total. The van der Waals surface area contributed by atoms with Crippen molar-refractivity contribution >= 4 is 5.78 Å². The topological polar surface area (TPSA) is 17.1 Å². The molecule has 0 heterocycles. The third-order valence-electron chi connectivity index (χ3n) is 2.88. The van der Waals surface area contributed by atoms with Gasteiger partial charge < -0.3 is 0 Å². The normalized spacial score (nSPS) is 10.5. The van der Waals surface area contributed by atoms with Crippen molar-refractivity contribution < 1.29 is 4.79 Å². The van der Waals surface area contributed by atoms with E-state index in [1.54, 1.807) is 0 Å². The van der Waals surface area contributed by atoms with Gasteiger partial charge in [-0.15, -0.1) is 0 Å². The number of hydrogen-bond donors (Lipinski definition) is 0. The lowest BCUT2D eigenvalue weighted by atomic mass is 9.98. The maximum Gasteiger partial charge on any atom is 0.193 e. The zero-order valence-electron chi connectivity index (χ0n) is 10.2. The Balaban J connectivity index is 2.27. The molecule has 2 aromatic carbocycles. The van der Waals surface area contributed by atoms with Crippen molar-refractivity contribution in [1.82, 2.24) is 0 Å². The molecule has 0 aliphatic carbocycles. The summed E-state index contributed by atoms with van der Waals surface area (Å²) in [5, 5.41) is 0. The summed E-state index contributed by atoms with van der Waals surface area (Å²) >= 11 is 0. The molecular formula is C16H16O.